The van der Waals surface area contributed by atoms with Crippen LogP contribution in [0.15, 0.2) is 18.2 Å². The van der Waals surface area contributed by atoms with Gasteiger partial charge in [0.1, 0.15) is 5.75 Å². The Morgan fingerprint density at radius 2 is 2.08 bits per heavy atom. The van der Waals surface area contributed by atoms with Crippen molar-refractivity contribution in [2.45, 2.75) is 6.04 Å². The molecule has 0 fully saturated rings. The second-order valence-corrected chi connectivity index (χ2v) is 2.61. The smallest absolute Gasteiger partial charge is 0.120 e. The highest BCUT2D eigenvalue weighted by molar-refractivity contribution is 5.48. The van der Waals surface area contributed by atoms with Gasteiger partial charge in [-0.25, -0.2) is 0 Å². The lowest BCUT2D eigenvalue weighted by atomic mass is 10.1. The topological polar surface area (TPSA) is 92.5 Å². The van der Waals surface area contributed by atoms with E-state index in [0.29, 0.717) is 11.3 Å². The fraction of sp³-hybridized carbons (Fsp3) is 0.250. The number of hydrogen-bond acceptors (Lipinski definition) is 4. The summed E-state index contributed by atoms with van der Waals surface area (Å²) >= 11 is 0. The van der Waals surface area contributed by atoms with Crippen LogP contribution in [-0.4, -0.2) is 16.8 Å². The number of aliphatic hydroxyl groups is 1. The zero-order valence-electron chi connectivity index (χ0n) is 6.57. The van der Waals surface area contributed by atoms with E-state index in [1.165, 1.54) is 6.07 Å². The lowest BCUT2D eigenvalue weighted by Gasteiger charge is -2.10. The number of rotatable bonds is 2. The first-order valence-electron chi connectivity index (χ1n) is 3.60. The summed E-state index contributed by atoms with van der Waals surface area (Å²) in [6, 6.07) is 4.01. The Morgan fingerprint density at radius 1 is 1.42 bits per heavy atom. The molecule has 1 atom stereocenters. The van der Waals surface area contributed by atoms with Crippen LogP contribution in [0.4, 0.5) is 5.69 Å². The molecule has 0 spiro atoms. The van der Waals surface area contributed by atoms with Gasteiger partial charge in [0.25, 0.3) is 0 Å². The minimum absolute atomic E-state index is 0.0609. The first kappa shape index (κ1) is 8.83. The zero-order chi connectivity index (χ0) is 9.14. The Bertz CT molecular complexity index is 276. The van der Waals surface area contributed by atoms with E-state index in [1.807, 2.05) is 0 Å². The molecular formula is C8H12N2O2. The largest absolute Gasteiger partial charge is 0.508 e. The van der Waals surface area contributed by atoms with Crippen molar-refractivity contribution in [1.29, 1.82) is 0 Å². The summed E-state index contributed by atoms with van der Waals surface area (Å²) < 4.78 is 0. The fourth-order valence-corrected chi connectivity index (χ4v) is 0.968. The Balaban J connectivity index is 3.04. The standard InChI is InChI=1S/C8H12N2O2/c9-5-1-2-8(12)6(3-5)7(10)4-11/h1-3,7,11-12H,4,9-10H2/t7-/m1/s1. The highest BCUT2D eigenvalue weighted by atomic mass is 16.3. The molecule has 1 aromatic carbocycles. The maximum absolute atomic E-state index is 9.29. The third-order valence-electron chi connectivity index (χ3n) is 1.65. The summed E-state index contributed by atoms with van der Waals surface area (Å²) in [6.45, 7) is -0.211. The molecule has 0 aliphatic carbocycles. The first-order valence-corrected chi connectivity index (χ1v) is 3.60. The molecule has 0 heterocycles. The maximum atomic E-state index is 9.29. The van der Waals surface area contributed by atoms with E-state index in [2.05, 4.69) is 0 Å². The lowest BCUT2D eigenvalue weighted by Crippen LogP contribution is -2.14. The molecular weight excluding hydrogens is 156 g/mol. The van der Waals surface area contributed by atoms with Crippen LogP contribution >= 0.6 is 0 Å². The zero-order valence-corrected chi connectivity index (χ0v) is 6.57. The number of aliphatic hydroxyl groups excluding tert-OH is 1. The van der Waals surface area contributed by atoms with Crippen LogP contribution in [0.2, 0.25) is 0 Å². The number of anilines is 1. The van der Waals surface area contributed by atoms with Crippen LogP contribution in [0.3, 0.4) is 0 Å². The van der Waals surface area contributed by atoms with E-state index in [-0.39, 0.29) is 12.4 Å². The summed E-state index contributed by atoms with van der Waals surface area (Å²) in [5, 5.41) is 18.0. The van der Waals surface area contributed by atoms with Gasteiger partial charge in [0.15, 0.2) is 0 Å². The van der Waals surface area contributed by atoms with Crippen molar-refractivity contribution >= 4 is 5.69 Å². The summed E-state index contributed by atoms with van der Waals surface area (Å²) in [4.78, 5) is 0. The van der Waals surface area contributed by atoms with Crippen molar-refractivity contribution in [1.82, 2.24) is 0 Å². The van der Waals surface area contributed by atoms with Gasteiger partial charge < -0.3 is 21.7 Å². The van der Waals surface area contributed by atoms with E-state index in [4.69, 9.17) is 16.6 Å². The van der Waals surface area contributed by atoms with E-state index in [0.717, 1.165) is 0 Å². The molecule has 0 saturated carbocycles. The molecule has 0 radical (unpaired) electrons. The maximum Gasteiger partial charge on any atom is 0.120 e. The molecule has 1 aromatic rings. The van der Waals surface area contributed by atoms with Crippen molar-refractivity contribution in [2.75, 3.05) is 12.3 Å². The van der Waals surface area contributed by atoms with Crippen LogP contribution in [0.25, 0.3) is 0 Å². The third kappa shape index (κ3) is 1.66. The van der Waals surface area contributed by atoms with Crippen LogP contribution in [-0.2, 0) is 0 Å². The van der Waals surface area contributed by atoms with Crippen LogP contribution in [0, 0.1) is 0 Å². The number of phenolic OH excluding ortho intramolecular Hbond substituents is 1. The molecule has 4 heteroatoms. The SMILES string of the molecule is Nc1ccc(O)c([C@H](N)CO)c1. The van der Waals surface area contributed by atoms with Gasteiger partial charge in [0.2, 0.25) is 0 Å². The fourth-order valence-electron chi connectivity index (χ4n) is 0.968. The molecule has 4 nitrogen and oxygen atoms in total. The molecule has 6 N–H and O–H groups in total. The molecule has 0 amide bonds. The molecule has 0 aromatic heterocycles. The highest BCUT2D eigenvalue weighted by Crippen LogP contribution is 2.24. The summed E-state index contributed by atoms with van der Waals surface area (Å²) in [5.74, 6) is 0.0609. The van der Waals surface area contributed by atoms with Crippen LogP contribution in [0.5, 0.6) is 5.75 Å². The minimum Gasteiger partial charge on any atom is -0.508 e. The van der Waals surface area contributed by atoms with Gasteiger partial charge in [-0.15, -0.1) is 0 Å². The average molecular weight is 168 g/mol. The van der Waals surface area contributed by atoms with Crippen molar-refractivity contribution in [3.05, 3.63) is 23.8 Å². The number of benzene rings is 1. The van der Waals surface area contributed by atoms with Gasteiger partial charge in [-0.1, -0.05) is 0 Å². The highest BCUT2D eigenvalue weighted by Gasteiger charge is 2.09. The number of nitrogens with two attached hydrogens (primary N) is 2. The predicted molar refractivity (Wildman–Crippen MR) is 46.5 cm³/mol. The molecule has 0 aliphatic heterocycles. The monoisotopic (exact) mass is 168 g/mol. The Kier molecular flexibility index (Phi) is 2.52. The van der Waals surface area contributed by atoms with Gasteiger partial charge in [-0.2, -0.15) is 0 Å². The van der Waals surface area contributed by atoms with Crippen molar-refractivity contribution in [3.8, 4) is 5.75 Å². The number of nitrogen functional groups attached to an aromatic ring is 1. The predicted octanol–water partition coefficient (Wildman–Crippen LogP) is -0.0335. The Morgan fingerprint density at radius 3 is 2.67 bits per heavy atom. The molecule has 0 aliphatic rings. The Hall–Kier alpha value is -1.26. The molecule has 12 heavy (non-hydrogen) atoms. The van der Waals surface area contributed by atoms with Gasteiger partial charge in [0, 0.05) is 11.3 Å². The van der Waals surface area contributed by atoms with Crippen LogP contribution < -0.4 is 11.5 Å². The van der Waals surface area contributed by atoms with E-state index < -0.39 is 6.04 Å². The average Bonchev–Trinajstić information content (AvgIpc) is 2.08. The second-order valence-electron chi connectivity index (χ2n) is 2.61. The summed E-state index contributed by atoms with van der Waals surface area (Å²) in [7, 11) is 0. The van der Waals surface area contributed by atoms with E-state index >= 15 is 0 Å². The molecule has 0 saturated heterocycles. The molecule has 0 unspecified atom stereocenters. The van der Waals surface area contributed by atoms with Crippen molar-refractivity contribution in [3.63, 3.8) is 0 Å². The quantitative estimate of drug-likeness (QED) is 0.368. The molecule has 66 valence electrons. The van der Waals surface area contributed by atoms with Gasteiger partial charge in [-0.3, -0.25) is 0 Å². The summed E-state index contributed by atoms with van der Waals surface area (Å²) in [6.07, 6.45) is 0. The second kappa shape index (κ2) is 3.42. The van der Waals surface area contributed by atoms with E-state index in [9.17, 15) is 5.11 Å². The van der Waals surface area contributed by atoms with Crippen LogP contribution in [0.1, 0.15) is 11.6 Å². The first-order chi connectivity index (χ1) is 5.65. The number of aromatic hydroxyl groups is 1. The minimum atomic E-state index is -0.575. The molecule has 1 rings (SSSR count). The lowest BCUT2D eigenvalue weighted by molar-refractivity contribution is 0.265. The molecule has 0 bridgehead atoms. The van der Waals surface area contributed by atoms with Gasteiger partial charge >= 0.3 is 0 Å². The Labute approximate surface area is 70.4 Å². The number of hydrogen-bond donors (Lipinski definition) is 4. The van der Waals surface area contributed by atoms with Crippen molar-refractivity contribution in [2.24, 2.45) is 5.73 Å². The normalized spacial score (nSPS) is 12.8. The summed E-state index contributed by atoms with van der Waals surface area (Å²) in [5.41, 5.74) is 12.0. The number of phenols is 1. The third-order valence-corrected chi connectivity index (χ3v) is 1.65. The van der Waals surface area contributed by atoms with E-state index in [1.54, 1.807) is 12.1 Å². The van der Waals surface area contributed by atoms with Crippen molar-refractivity contribution < 1.29 is 10.2 Å². The van der Waals surface area contributed by atoms with Gasteiger partial charge in [0.05, 0.1) is 12.6 Å². The van der Waals surface area contributed by atoms with Gasteiger partial charge in [-0.05, 0) is 18.2 Å².